The first-order valence-corrected chi connectivity index (χ1v) is 11.2. The van der Waals surface area contributed by atoms with Gasteiger partial charge in [-0.1, -0.05) is 48.0 Å². The number of hydrogen-bond acceptors (Lipinski definition) is 3. The fraction of sp³-hybridized carbons (Fsp3) is 0.176. The molecule has 37 heavy (non-hydrogen) atoms. The molecule has 0 saturated carbocycles. The lowest BCUT2D eigenvalue weighted by molar-refractivity contribution is 0.653. The Morgan fingerprint density at radius 1 is 0.703 bits per heavy atom. The highest BCUT2D eigenvalue weighted by atomic mass is 16.3. The molecular formula is C34H30N2O. The second kappa shape index (κ2) is 8.70. The lowest BCUT2D eigenvalue weighted by atomic mass is 9.88. The van der Waals surface area contributed by atoms with Gasteiger partial charge in [0.05, 0.1) is 11.2 Å². The highest BCUT2D eigenvalue weighted by Crippen LogP contribution is 2.38. The van der Waals surface area contributed by atoms with Gasteiger partial charge < -0.3 is 4.42 Å². The van der Waals surface area contributed by atoms with Gasteiger partial charge in [0.1, 0.15) is 5.58 Å². The summed E-state index contributed by atoms with van der Waals surface area (Å²) in [5.74, 6) is 0. The molecule has 0 saturated heterocycles. The maximum Gasteiger partial charge on any atom is 0.227 e. The average molecular weight is 502 g/mol. The van der Waals surface area contributed by atoms with E-state index < -0.39 is 86.5 Å². The van der Waals surface area contributed by atoms with Crippen LogP contribution in [-0.2, 0) is 0 Å². The van der Waals surface area contributed by atoms with E-state index in [1.165, 1.54) is 12.1 Å². The first-order valence-electron chi connectivity index (χ1n) is 20.7. The van der Waals surface area contributed by atoms with Gasteiger partial charge in [-0.05, 0) is 110 Å². The smallest absolute Gasteiger partial charge is 0.227 e. The molecule has 0 spiro atoms. The van der Waals surface area contributed by atoms with Crippen LogP contribution in [0, 0.1) is 41.2 Å². The van der Waals surface area contributed by atoms with Crippen molar-refractivity contribution in [1.29, 1.82) is 0 Å². The van der Waals surface area contributed by atoms with E-state index in [-0.39, 0.29) is 55.4 Å². The third kappa shape index (κ3) is 3.92. The van der Waals surface area contributed by atoms with Crippen molar-refractivity contribution in [3.05, 3.63) is 106 Å². The van der Waals surface area contributed by atoms with Crippen LogP contribution in [0.2, 0.25) is 0 Å². The third-order valence-corrected chi connectivity index (χ3v) is 6.16. The van der Waals surface area contributed by atoms with Gasteiger partial charge in [0.15, 0.2) is 0 Å². The van der Waals surface area contributed by atoms with Gasteiger partial charge in [-0.2, -0.15) is 0 Å². The number of hydrogen-bond donors (Lipinski definition) is 0. The first kappa shape index (κ1) is 10.3. The zero-order valence-corrected chi connectivity index (χ0v) is 19.4. The summed E-state index contributed by atoms with van der Waals surface area (Å²) in [6.07, 6.45) is 0.923. The van der Waals surface area contributed by atoms with E-state index in [9.17, 15) is 0 Å². The van der Waals surface area contributed by atoms with Crippen molar-refractivity contribution in [3.8, 4) is 33.5 Å². The lowest BCUT2D eigenvalue weighted by Gasteiger charge is -2.17. The van der Waals surface area contributed by atoms with Crippen LogP contribution in [0.5, 0.6) is 0 Å². The molecule has 0 bridgehead atoms. The molecule has 6 aromatic rings. The lowest BCUT2D eigenvalue weighted by Crippen LogP contribution is -1.95. The molecule has 0 fully saturated rings. The summed E-state index contributed by atoms with van der Waals surface area (Å²) < 4.78 is 164. The molecular weight excluding hydrogens is 452 g/mol. The zero-order valence-electron chi connectivity index (χ0n) is 38.4. The molecule has 3 nitrogen and oxygen atoms in total. The van der Waals surface area contributed by atoms with Gasteiger partial charge in [-0.15, -0.1) is 0 Å². The summed E-state index contributed by atoms with van der Waals surface area (Å²) in [6.45, 7) is -13.0. The molecule has 0 N–H and O–H groups in total. The topological polar surface area (TPSA) is 38.9 Å². The van der Waals surface area contributed by atoms with Gasteiger partial charge in [-0.25, -0.2) is 4.98 Å². The molecule has 3 heteroatoms. The van der Waals surface area contributed by atoms with Crippen LogP contribution in [-0.4, -0.2) is 9.97 Å². The van der Waals surface area contributed by atoms with Crippen molar-refractivity contribution in [3.63, 3.8) is 0 Å². The fourth-order valence-electron chi connectivity index (χ4n) is 4.37. The highest BCUT2D eigenvalue weighted by Gasteiger charge is 2.17. The number of benzene rings is 3. The molecule has 0 aliphatic rings. The predicted molar refractivity (Wildman–Crippen MR) is 154 cm³/mol. The van der Waals surface area contributed by atoms with E-state index >= 15 is 0 Å². The van der Waals surface area contributed by atoms with Gasteiger partial charge in [0.2, 0.25) is 5.71 Å². The quantitative estimate of drug-likeness (QED) is 0.242. The number of rotatable bonds is 3. The third-order valence-electron chi connectivity index (χ3n) is 6.16. The summed E-state index contributed by atoms with van der Waals surface area (Å²) >= 11 is 0. The molecule has 0 aliphatic heterocycles. The van der Waals surface area contributed by atoms with Crippen molar-refractivity contribution in [1.82, 2.24) is 9.97 Å². The van der Waals surface area contributed by atoms with Gasteiger partial charge in [0.25, 0.3) is 0 Å². The monoisotopic (exact) mass is 501 g/mol. The number of aryl methyl sites for hydroxylation is 6. The summed E-state index contributed by atoms with van der Waals surface area (Å²) in [7, 11) is 0. The SMILES string of the molecule is [2H]c1cc(-c2cc(-c3cc(C([2H])([2H])[2H])c(-c4ccc(C)cc4C([2H])([2H])[2H])cc3C([2H])([2H])[2H])c(C([2H])([2H])[2H])cn2)c2oc3nc(C([2H])([2H])[2H])c([2H])c([2H])c3c2c1[2H]. The van der Waals surface area contributed by atoms with Gasteiger partial charge >= 0.3 is 0 Å². The normalized spacial score (nSPS) is 20.7. The Labute approximate surface area is 244 Å². The van der Waals surface area contributed by atoms with Crippen LogP contribution >= 0.6 is 0 Å². The minimum Gasteiger partial charge on any atom is -0.437 e. The Morgan fingerprint density at radius 2 is 1.46 bits per heavy atom. The van der Waals surface area contributed by atoms with Crippen LogP contribution in [0.25, 0.3) is 55.6 Å². The first-order chi connectivity index (χ1) is 25.5. The van der Waals surface area contributed by atoms with Crippen molar-refractivity contribution in [2.24, 2.45) is 0 Å². The molecule has 6 rings (SSSR count). The molecule has 182 valence electrons. The zero-order chi connectivity index (χ0) is 41.8. The second-order valence-corrected chi connectivity index (χ2v) is 8.63. The van der Waals surface area contributed by atoms with E-state index in [1.807, 2.05) is 0 Å². The standard InChI is InChI=1S/C34H30N2O/c1-19-10-12-25(20(2)14-19)29-15-22(4)30(16-21(29)3)31-17-32(35-18-23(31)5)28-9-7-8-26-27-13-11-24(6)36-34(27)37-33(26)28/h7-18H,1-6H3/i2D3,3D3,4D3,5D3,6D3,7D,8D,11D,13D. The summed E-state index contributed by atoms with van der Waals surface area (Å²) in [6, 6.07) is 6.33. The van der Waals surface area contributed by atoms with Crippen molar-refractivity contribution >= 4 is 22.1 Å². The number of pyridine rings is 2. The fourth-order valence-corrected chi connectivity index (χ4v) is 4.37. The van der Waals surface area contributed by atoms with E-state index in [4.69, 9.17) is 30.5 Å². The number of aromatic nitrogens is 2. The number of para-hydroxylation sites is 1. The Morgan fingerprint density at radius 3 is 2.24 bits per heavy atom. The molecule has 0 aliphatic carbocycles. The van der Waals surface area contributed by atoms with E-state index in [2.05, 4.69) is 9.97 Å². The number of fused-ring (bicyclic) bond motifs is 3. The van der Waals surface area contributed by atoms with Crippen molar-refractivity contribution < 1.29 is 30.5 Å². The molecule has 3 aromatic carbocycles. The molecule has 3 heterocycles. The van der Waals surface area contributed by atoms with Crippen LogP contribution < -0.4 is 0 Å². The average Bonchev–Trinajstić information content (AvgIpc) is 3.45. The molecule has 0 amide bonds. The minimum atomic E-state index is -3.03. The Balaban J connectivity index is 1.73. The van der Waals surface area contributed by atoms with Crippen LogP contribution in [0.4, 0.5) is 0 Å². The Bertz CT molecular complexity index is 2570. The Hall–Kier alpha value is -4.24. The molecule has 0 atom stereocenters. The van der Waals surface area contributed by atoms with Crippen LogP contribution in [0.3, 0.4) is 0 Å². The van der Waals surface area contributed by atoms with Gasteiger partial charge in [0, 0.05) is 48.8 Å². The maximum absolute atomic E-state index is 8.64. The van der Waals surface area contributed by atoms with Crippen LogP contribution in [0.1, 0.15) is 59.6 Å². The summed E-state index contributed by atoms with van der Waals surface area (Å²) in [5.41, 5.74) is -3.71. The number of furan rings is 1. The molecule has 0 unspecified atom stereocenters. The van der Waals surface area contributed by atoms with Crippen molar-refractivity contribution in [2.75, 3.05) is 0 Å². The number of nitrogens with zero attached hydrogens (tertiary/aromatic N) is 2. The van der Waals surface area contributed by atoms with Crippen LogP contribution in [0.15, 0.2) is 77.2 Å². The molecule has 3 aromatic heterocycles. The summed E-state index contributed by atoms with van der Waals surface area (Å²) in [4.78, 5) is 8.26. The van der Waals surface area contributed by atoms with E-state index in [1.54, 1.807) is 13.0 Å². The van der Waals surface area contributed by atoms with Gasteiger partial charge in [-0.3, -0.25) is 4.98 Å². The maximum atomic E-state index is 8.64. The Kier molecular flexibility index (Phi) is 2.41. The second-order valence-electron chi connectivity index (χ2n) is 8.63. The summed E-state index contributed by atoms with van der Waals surface area (Å²) in [5, 5.41) is -0.415. The largest absolute Gasteiger partial charge is 0.437 e. The predicted octanol–water partition coefficient (Wildman–Crippen LogP) is 9.23. The minimum absolute atomic E-state index is 0.0594. The van der Waals surface area contributed by atoms with Crippen molar-refractivity contribution in [2.45, 2.75) is 41.2 Å². The van der Waals surface area contributed by atoms with E-state index in [0.29, 0.717) is 5.56 Å². The van der Waals surface area contributed by atoms with E-state index in [0.717, 1.165) is 30.5 Å². The highest BCUT2D eigenvalue weighted by molar-refractivity contribution is 6.08. The molecule has 0 radical (unpaired) electrons.